The molecule has 0 aromatic heterocycles. The van der Waals surface area contributed by atoms with E-state index >= 15 is 0 Å². The Hall–Kier alpha value is -3.85. The molecule has 246 valence electrons. The number of amides is 2. The molecular weight excluding hydrogens is 653 g/mol. The van der Waals surface area contributed by atoms with Crippen molar-refractivity contribution >= 4 is 50.7 Å². The minimum atomic E-state index is -4.27. The zero-order valence-electron chi connectivity index (χ0n) is 26.5. The molecule has 47 heavy (non-hydrogen) atoms. The molecule has 1 N–H and O–H groups in total. The Bertz CT molecular complexity index is 1770. The van der Waals surface area contributed by atoms with Crippen LogP contribution in [0.25, 0.3) is 0 Å². The third kappa shape index (κ3) is 8.95. The summed E-state index contributed by atoms with van der Waals surface area (Å²) in [5, 5.41) is 3.63. The van der Waals surface area contributed by atoms with Gasteiger partial charge in [-0.3, -0.25) is 13.9 Å². The molecule has 1 saturated carbocycles. The summed E-state index contributed by atoms with van der Waals surface area (Å²) in [6.45, 7) is 3.36. The molecule has 1 atom stereocenters. The van der Waals surface area contributed by atoms with Crippen LogP contribution in [0.15, 0.2) is 102 Å². The van der Waals surface area contributed by atoms with E-state index in [1.54, 1.807) is 12.1 Å². The van der Waals surface area contributed by atoms with Gasteiger partial charge in [0.2, 0.25) is 11.8 Å². The van der Waals surface area contributed by atoms with E-state index in [0.29, 0.717) is 0 Å². The minimum absolute atomic E-state index is 0.0110. The number of nitrogens with zero attached hydrogens (tertiary/aromatic N) is 2. The average molecular weight is 693 g/mol. The highest BCUT2D eigenvalue weighted by Crippen LogP contribution is 2.30. The highest BCUT2D eigenvalue weighted by molar-refractivity contribution is 7.92. The predicted molar refractivity (Wildman–Crippen MR) is 188 cm³/mol. The lowest BCUT2D eigenvalue weighted by atomic mass is 10.0. The Morgan fingerprint density at radius 2 is 1.38 bits per heavy atom. The first-order valence-electron chi connectivity index (χ1n) is 15.7. The van der Waals surface area contributed by atoms with Crippen LogP contribution in [0.4, 0.5) is 5.69 Å². The summed E-state index contributed by atoms with van der Waals surface area (Å²) >= 11 is 12.7. The van der Waals surface area contributed by atoms with Gasteiger partial charge in [0.1, 0.15) is 12.6 Å². The minimum Gasteiger partial charge on any atom is -0.352 e. The third-order valence-electron chi connectivity index (χ3n) is 8.47. The largest absolute Gasteiger partial charge is 0.352 e. The van der Waals surface area contributed by atoms with Crippen molar-refractivity contribution in [2.75, 3.05) is 10.8 Å². The molecule has 2 amide bonds. The number of aryl methyl sites for hydroxylation is 2. The zero-order valence-corrected chi connectivity index (χ0v) is 28.9. The summed E-state index contributed by atoms with van der Waals surface area (Å²) in [5.41, 5.74) is 3.78. The fraction of sp³-hybridized carbons (Fsp3) is 0.297. The van der Waals surface area contributed by atoms with Gasteiger partial charge < -0.3 is 10.2 Å². The van der Waals surface area contributed by atoms with Gasteiger partial charge in [0.05, 0.1) is 10.6 Å². The molecule has 5 rings (SSSR count). The van der Waals surface area contributed by atoms with Gasteiger partial charge in [-0.05, 0) is 68.1 Å². The zero-order chi connectivity index (χ0) is 33.6. The molecule has 1 unspecified atom stereocenters. The summed E-state index contributed by atoms with van der Waals surface area (Å²) < 4.78 is 29.5. The second-order valence-corrected chi connectivity index (χ2v) is 14.9. The molecule has 10 heteroatoms. The number of nitrogens with one attached hydrogen (secondary N) is 1. The quantitative estimate of drug-likeness (QED) is 0.167. The van der Waals surface area contributed by atoms with Gasteiger partial charge in [-0.1, -0.05) is 114 Å². The maximum Gasteiger partial charge on any atom is 0.264 e. The maximum absolute atomic E-state index is 14.6. The number of hydrogen-bond acceptors (Lipinski definition) is 4. The predicted octanol–water partition coefficient (Wildman–Crippen LogP) is 7.50. The van der Waals surface area contributed by atoms with Crippen molar-refractivity contribution in [2.45, 2.75) is 69.5 Å². The highest BCUT2D eigenvalue weighted by Gasteiger charge is 2.35. The van der Waals surface area contributed by atoms with Gasteiger partial charge in [0.15, 0.2) is 0 Å². The fourth-order valence-electron chi connectivity index (χ4n) is 5.86. The first-order chi connectivity index (χ1) is 22.5. The van der Waals surface area contributed by atoms with Crippen LogP contribution in [0.1, 0.15) is 47.9 Å². The van der Waals surface area contributed by atoms with Crippen LogP contribution in [0.3, 0.4) is 0 Å². The van der Waals surface area contributed by atoms with Crippen LogP contribution in [0.5, 0.6) is 0 Å². The SMILES string of the molecule is Cc1ccc(CN(C(=O)CN(c2cc(Cl)cc(Cl)c2)S(=O)(=O)c2ccc(C)cc2)C(Cc2ccccc2)C(=O)NC2CCCC2)cc1. The smallest absolute Gasteiger partial charge is 0.264 e. The van der Waals surface area contributed by atoms with E-state index in [2.05, 4.69) is 5.32 Å². The molecule has 4 aromatic carbocycles. The van der Waals surface area contributed by atoms with E-state index in [-0.39, 0.29) is 45.5 Å². The van der Waals surface area contributed by atoms with Crippen LogP contribution in [-0.2, 0) is 32.6 Å². The Labute approximate surface area is 287 Å². The van der Waals surface area contributed by atoms with Gasteiger partial charge in [-0.2, -0.15) is 0 Å². The van der Waals surface area contributed by atoms with Crippen molar-refractivity contribution in [3.8, 4) is 0 Å². The molecule has 1 fully saturated rings. The lowest BCUT2D eigenvalue weighted by molar-refractivity contribution is -0.140. The molecule has 0 bridgehead atoms. The van der Waals surface area contributed by atoms with Crippen molar-refractivity contribution in [1.29, 1.82) is 0 Å². The normalized spacial score (nSPS) is 14.0. The van der Waals surface area contributed by atoms with E-state index in [1.165, 1.54) is 35.2 Å². The summed E-state index contributed by atoms with van der Waals surface area (Å²) in [5.74, 6) is -0.806. The number of sulfonamides is 1. The van der Waals surface area contributed by atoms with E-state index in [1.807, 2.05) is 68.4 Å². The van der Waals surface area contributed by atoms with Crippen LogP contribution in [-0.4, -0.2) is 43.8 Å². The number of benzene rings is 4. The number of halogens is 2. The lowest BCUT2D eigenvalue weighted by Gasteiger charge is -2.34. The first-order valence-corrected chi connectivity index (χ1v) is 17.9. The van der Waals surface area contributed by atoms with Crippen LogP contribution < -0.4 is 9.62 Å². The van der Waals surface area contributed by atoms with Crippen LogP contribution in [0, 0.1) is 13.8 Å². The van der Waals surface area contributed by atoms with E-state index in [4.69, 9.17) is 23.2 Å². The number of anilines is 1. The molecule has 0 aliphatic heterocycles. The second-order valence-electron chi connectivity index (χ2n) is 12.2. The van der Waals surface area contributed by atoms with Gasteiger partial charge in [0, 0.05) is 29.1 Å². The van der Waals surface area contributed by atoms with Crippen LogP contribution >= 0.6 is 23.2 Å². The van der Waals surface area contributed by atoms with Crippen molar-refractivity contribution < 1.29 is 18.0 Å². The Kier molecular flexibility index (Phi) is 11.3. The first kappa shape index (κ1) is 34.5. The Balaban J connectivity index is 1.58. The van der Waals surface area contributed by atoms with E-state index < -0.39 is 28.5 Å². The number of carbonyl (C=O) groups is 2. The highest BCUT2D eigenvalue weighted by atomic mass is 35.5. The van der Waals surface area contributed by atoms with Gasteiger partial charge >= 0.3 is 0 Å². The van der Waals surface area contributed by atoms with E-state index in [9.17, 15) is 18.0 Å². The molecule has 1 aliphatic rings. The molecule has 7 nitrogen and oxygen atoms in total. The van der Waals surface area contributed by atoms with Gasteiger partial charge in [-0.15, -0.1) is 0 Å². The van der Waals surface area contributed by atoms with Crippen molar-refractivity contribution in [3.63, 3.8) is 0 Å². The summed E-state index contributed by atoms with van der Waals surface area (Å²) in [6.07, 6.45) is 4.09. The average Bonchev–Trinajstić information content (AvgIpc) is 3.55. The third-order valence-corrected chi connectivity index (χ3v) is 10.7. The molecule has 1 aliphatic carbocycles. The second kappa shape index (κ2) is 15.4. The molecule has 0 spiro atoms. The number of hydrogen-bond donors (Lipinski definition) is 1. The Morgan fingerprint density at radius 3 is 1.98 bits per heavy atom. The van der Waals surface area contributed by atoms with Crippen molar-refractivity contribution in [1.82, 2.24) is 10.2 Å². The van der Waals surface area contributed by atoms with Crippen molar-refractivity contribution in [2.24, 2.45) is 0 Å². The van der Waals surface area contributed by atoms with Crippen molar-refractivity contribution in [3.05, 3.63) is 129 Å². The number of rotatable bonds is 12. The molecule has 0 radical (unpaired) electrons. The van der Waals surface area contributed by atoms with E-state index in [0.717, 1.165) is 52.2 Å². The number of carbonyl (C=O) groups excluding carboxylic acids is 2. The topological polar surface area (TPSA) is 86.8 Å². The molecular formula is C37H39Cl2N3O4S. The van der Waals surface area contributed by atoms with Gasteiger partial charge in [-0.25, -0.2) is 8.42 Å². The monoisotopic (exact) mass is 691 g/mol. The maximum atomic E-state index is 14.6. The standard InChI is InChI=1S/C37H39Cl2N3O4S/c1-26-12-16-29(17-13-26)24-41(35(20-28-8-4-3-5-9-28)37(44)40-32-10-6-7-11-32)36(43)25-42(33-22-30(38)21-31(39)23-33)47(45,46)34-18-14-27(2)15-19-34/h3-5,8-9,12-19,21-23,32,35H,6-7,10-11,20,24-25H2,1-2H3,(H,40,44). The lowest BCUT2D eigenvalue weighted by Crippen LogP contribution is -2.54. The fourth-order valence-corrected chi connectivity index (χ4v) is 7.77. The summed E-state index contributed by atoms with van der Waals surface area (Å²) in [6, 6.07) is 27.2. The van der Waals surface area contributed by atoms with Gasteiger partial charge in [0.25, 0.3) is 10.0 Å². The summed E-state index contributed by atoms with van der Waals surface area (Å²) in [7, 11) is -4.27. The molecule has 4 aromatic rings. The van der Waals surface area contributed by atoms with Crippen LogP contribution in [0.2, 0.25) is 10.0 Å². The molecule has 0 saturated heterocycles. The summed E-state index contributed by atoms with van der Waals surface area (Å²) in [4.78, 5) is 30.3. The Morgan fingerprint density at radius 1 is 0.809 bits per heavy atom. The molecule has 0 heterocycles.